The van der Waals surface area contributed by atoms with Crippen LogP contribution in [-0.4, -0.2) is 17.7 Å². The Bertz CT molecular complexity index is 545. The molecule has 0 aromatic heterocycles. The molecule has 0 heterocycles. The summed E-state index contributed by atoms with van der Waals surface area (Å²) in [5.41, 5.74) is 11.6. The molecule has 1 aromatic rings. The van der Waals surface area contributed by atoms with E-state index in [1.807, 2.05) is 0 Å². The van der Waals surface area contributed by atoms with Gasteiger partial charge in [-0.2, -0.15) is 0 Å². The number of benzene rings is 1. The first-order valence-electron chi connectivity index (χ1n) is 6.12. The first kappa shape index (κ1) is 17.4. The molecule has 0 spiro atoms. The summed E-state index contributed by atoms with van der Waals surface area (Å²) in [6, 6.07) is 3.13. The van der Waals surface area contributed by atoms with E-state index in [2.05, 4.69) is 10.3 Å². The van der Waals surface area contributed by atoms with Gasteiger partial charge in [-0.3, -0.25) is 5.32 Å². The molecule has 0 bridgehead atoms. The van der Waals surface area contributed by atoms with Crippen LogP contribution in [0.2, 0.25) is 10.0 Å². The Morgan fingerprint density at radius 3 is 2.33 bits per heavy atom. The molecule has 6 nitrogen and oxygen atoms in total. The fourth-order valence-electron chi connectivity index (χ4n) is 1.39. The van der Waals surface area contributed by atoms with Crippen molar-refractivity contribution in [3.8, 4) is 0 Å². The van der Waals surface area contributed by atoms with Crippen molar-refractivity contribution in [2.75, 3.05) is 5.73 Å². The highest BCUT2D eigenvalue weighted by molar-refractivity contribution is 6.36. The molecule has 0 aliphatic rings. The zero-order chi connectivity index (χ0) is 16.2. The van der Waals surface area contributed by atoms with Crippen LogP contribution in [0, 0.1) is 0 Å². The third kappa shape index (κ3) is 6.10. The third-order valence-corrected chi connectivity index (χ3v) is 2.87. The summed E-state index contributed by atoms with van der Waals surface area (Å²) in [6.45, 7) is 5.34. The van der Waals surface area contributed by atoms with Crippen molar-refractivity contribution >= 4 is 40.9 Å². The number of carbonyl (C=O) groups excluding carboxylic acids is 1. The lowest BCUT2D eigenvalue weighted by Gasteiger charge is -2.19. The quantitative estimate of drug-likeness (QED) is 0.440. The maximum Gasteiger partial charge on any atom is 0.414 e. The smallest absolute Gasteiger partial charge is 0.414 e. The van der Waals surface area contributed by atoms with E-state index < -0.39 is 11.7 Å². The van der Waals surface area contributed by atoms with E-state index in [0.29, 0.717) is 21.3 Å². The number of anilines is 1. The number of rotatable bonds is 2. The molecule has 8 heteroatoms. The Kier molecular flexibility index (Phi) is 5.69. The summed E-state index contributed by atoms with van der Waals surface area (Å²) in [7, 11) is 0. The van der Waals surface area contributed by atoms with Gasteiger partial charge in [0.1, 0.15) is 5.60 Å². The molecule has 1 aromatic carbocycles. The van der Waals surface area contributed by atoms with E-state index in [1.165, 1.54) is 0 Å². The van der Waals surface area contributed by atoms with Crippen LogP contribution in [0.25, 0.3) is 0 Å². The van der Waals surface area contributed by atoms with Gasteiger partial charge in [-0.15, -0.1) is 0 Å². The van der Waals surface area contributed by atoms with Crippen molar-refractivity contribution < 1.29 is 9.53 Å². The van der Waals surface area contributed by atoms with E-state index in [0.717, 1.165) is 0 Å². The van der Waals surface area contributed by atoms with Crippen molar-refractivity contribution in [1.29, 1.82) is 0 Å². The molecule has 21 heavy (non-hydrogen) atoms. The molecular formula is C13H18Cl2N4O2. The molecule has 5 N–H and O–H groups in total. The van der Waals surface area contributed by atoms with Crippen LogP contribution in [0.15, 0.2) is 17.1 Å². The summed E-state index contributed by atoms with van der Waals surface area (Å²) in [4.78, 5) is 15.5. The molecule has 0 fully saturated rings. The normalized spacial score (nSPS) is 12.1. The zero-order valence-corrected chi connectivity index (χ0v) is 13.5. The van der Waals surface area contributed by atoms with E-state index in [4.69, 9.17) is 39.4 Å². The van der Waals surface area contributed by atoms with Crippen LogP contribution in [0.4, 0.5) is 10.5 Å². The molecule has 0 saturated carbocycles. The lowest BCUT2D eigenvalue weighted by molar-refractivity contribution is 0.0562. The molecule has 0 atom stereocenters. The van der Waals surface area contributed by atoms with Crippen LogP contribution in [0.1, 0.15) is 26.3 Å². The van der Waals surface area contributed by atoms with Crippen molar-refractivity contribution in [3.05, 3.63) is 27.7 Å². The van der Waals surface area contributed by atoms with Gasteiger partial charge in [-0.05, 0) is 32.9 Å². The Balaban J connectivity index is 2.71. The average molecular weight is 333 g/mol. The van der Waals surface area contributed by atoms with Gasteiger partial charge < -0.3 is 16.2 Å². The summed E-state index contributed by atoms with van der Waals surface area (Å²) in [5, 5.41) is 3.08. The lowest BCUT2D eigenvalue weighted by atomic mass is 10.2. The van der Waals surface area contributed by atoms with Crippen LogP contribution >= 0.6 is 23.2 Å². The number of nitrogens with one attached hydrogen (secondary N) is 1. The standard InChI is InChI=1S/C13H18Cl2N4O2/c1-13(2,3)21-12(20)19-11(17)18-6-8-9(14)4-7(16)5-10(8)15/h4-5H,6,16H2,1-3H3,(H3,17,18,19,20). The Morgan fingerprint density at radius 1 is 1.33 bits per heavy atom. The van der Waals surface area contributed by atoms with Gasteiger partial charge in [0.15, 0.2) is 5.96 Å². The van der Waals surface area contributed by atoms with Gasteiger partial charge in [-0.1, -0.05) is 23.2 Å². The Labute approximate surface area is 133 Å². The van der Waals surface area contributed by atoms with Gasteiger partial charge in [0.05, 0.1) is 6.54 Å². The lowest BCUT2D eigenvalue weighted by Crippen LogP contribution is -2.40. The number of hydrogen-bond donors (Lipinski definition) is 3. The van der Waals surface area contributed by atoms with Crippen LogP contribution in [0.3, 0.4) is 0 Å². The van der Waals surface area contributed by atoms with Crippen LogP contribution in [0.5, 0.6) is 0 Å². The highest BCUT2D eigenvalue weighted by atomic mass is 35.5. The highest BCUT2D eigenvalue weighted by Crippen LogP contribution is 2.28. The maximum atomic E-state index is 11.5. The second kappa shape index (κ2) is 6.87. The van der Waals surface area contributed by atoms with Crippen LogP contribution in [-0.2, 0) is 11.3 Å². The minimum absolute atomic E-state index is 0.0896. The monoisotopic (exact) mass is 332 g/mol. The molecule has 0 saturated heterocycles. The number of aliphatic imine (C=N–C) groups is 1. The van der Waals surface area contributed by atoms with Gasteiger partial charge >= 0.3 is 6.09 Å². The van der Waals surface area contributed by atoms with Crippen LogP contribution < -0.4 is 16.8 Å². The fraction of sp³-hybridized carbons (Fsp3) is 0.385. The van der Waals surface area contributed by atoms with E-state index in [9.17, 15) is 4.79 Å². The molecule has 0 aliphatic heterocycles. The van der Waals surface area contributed by atoms with Gasteiger partial charge in [0, 0.05) is 21.3 Å². The Morgan fingerprint density at radius 2 is 1.86 bits per heavy atom. The number of carbonyl (C=O) groups is 1. The number of guanidine groups is 1. The van der Waals surface area contributed by atoms with Gasteiger partial charge in [0.2, 0.25) is 0 Å². The number of nitrogen functional groups attached to an aromatic ring is 1. The van der Waals surface area contributed by atoms with Crippen molar-refractivity contribution in [2.45, 2.75) is 32.9 Å². The fourth-order valence-corrected chi connectivity index (χ4v) is 2.01. The summed E-state index contributed by atoms with van der Waals surface area (Å²) >= 11 is 12.0. The van der Waals surface area contributed by atoms with Crippen molar-refractivity contribution in [2.24, 2.45) is 10.7 Å². The first-order chi connectivity index (χ1) is 9.58. The molecular weight excluding hydrogens is 315 g/mol. The minimum Gasteiger partial charge on any atom is -0.444 e. The number of alkyl carbamates (subject to hydrolysis) is 1. The van der Waals surface area contributed by atoms with Gasteiger partial charge in [0.25, 0.3) is 0 Å². The summed E-state index contributed by atoms with van der Waals surface area (Å²) < 4.78 is 5.04. The average Bonchev–Trinajstić information content (AvgIpc) is 2.23. The molecule has 116 valence electrons. The van der Waals surface area contributed by atoms with Crippen molar-refractivity contribution in [3.63, 3.8) is 0 Å². The largest absolute Gasteiger partial charge is 0.444 e. The zero-order valence-electron chi connectivity index (χ0n) is 12.0. The number of halogens is 2. The maximum absolute atomic E-state index is 11.5. The molecule has 1 rings (SSSR count). The topological polar surface area (TPSA) is 103 Å². The van der Waals surface area contributed by atoms with Gasteiger partial charge in [-0.25, -0.2) is 9.79 Å². The second-order valence-electron chi connectivity index (χ2n) is 5.29. The minimum atomic E-state index is -0.682. The van der Waals surface area contributed by atoms with E-state index >= 15 is 0 Å². The number of nitrogens with two attached hydrogens (primary N) is 2. The third-order valence-electron chi connectivity index (χ3n) is 2.20. The first-order valence-corrected chi connectivity index (χ1v) is 6.87. The molecule has 0 unspecified atom stereocenters. The highest BCUT2D eigenvalue weighted by Gasteiger charge is 2.16. The van der Waals surface area contributed by atoms with Crippen molar-refractivity contribution in [1.82, 2.24) is 5.32 Å². The summed E-state index contributed by atoms with van der Waals surface area (Å²) in [5.74, 6) is -0.0896. The van der Waals surface area contributed by atoms with E-state index in [1.54, 1.807) is 32.9 Å². The second-order valence-corrected chi connectivity index (χ2v) is 6.11. The number of hydrogen-bond acceptors (Lipinski definition) is 4. The number of nitrogens with zero attached hydrogens (tertiary/aromatic N) is 1. The SMILES string of the molecule is CC(C)(C)OC(=O)NC(N)=NCc1c(Cl)cc(N)cc1Cl. The molecule has 1 amide bonds. The summed E-state index contributed by atoms with van der Waals surface area (Å²) in [6.07, 6.45) is -0.682. The van der Waals surface area contributed by atoms with E-state index in [-0.39, 0.29) is 12.5 Å². The molecule has 0 aliphatic carbocycles. The number of amides is 1. The predicted octanol–water partition coefficient (Wildman–Crippen LogP) is 2.92. The Hall–Kier alpha value is -1.66. The predicted molar refractivity (Wildman–Crippen MR) is 85.6 cm³/mol. The molecule has 0 radical (unpaired) electrons. The number of ether oxygens (including phenoxy) is 1.